The third-order valence-corrected chi connectivity index (χ3v) is 2.82. The molecule has 84 valence electrons. The molecular formula is C8H9F2NO3S. The van der Waals surface area contributed by atoms with E-state index in [0.29, 0.717) is 6.07 Å². The molecule has 0 bridgehead atoms. The van der Waals surface area contributed by atoms with Crippen LogP contribution in [0.5, 0.6) is 5.75 Å². The molecule has 1 rings (SSSR count). The van der Waals surface area contributed by atoms with Gasteiger partial charge >= 0.3 is 10.3 Å². The van der Waals surface area contributed by atoms with Crippen molar-refractivity contribution in [2.24, 2.45) is 0 Å². The number of halogens is 2. The first-order valence-corrected chi connectivity index (χ1v) is 5.26. The van der Waals surface area contributed by atoms with Crippen LogP contribution in [0.25, 0.3) is 0 Å². The summed E-state index contributed by atoms with van der Waals surface area (Å²) in [6, 6.07) is 2.36. The molecule has 0 unspecified atom stereocenters. The maximum atomic E-state index is 13.0. The molecule has 0 fully saturated rings. The Morgan fingerprint density at radius 2 is 1.87 bits per heavy atom. The standard InChI is InChI=1S/C8H9F2NO3S/c1-11(2)15(12,13)14-8-4-3-6(9)5-7(8)10/h3-5H,1-2H3. The highest BCUT2D eigenvalue weighted by atomic mass is 32.2. The van der Waals surface area contributed by atoms with Crippen LogP contribution in [0.3, 0.4) is 0 Å². The van der Waals surface area contributed by atoms with Crippen LogP contribution in [0, 0.1) is 11.6 Å². The zero-order valence-corrected chi connectivity index (χ0v) is 8.88. The highest BCUT2D eigenvalue weighted by Crippen LogP contribution is 2.19. The molecule has 0 heterocycles. The predicted molar refractivity (Wildman–Crippen MR) is 49.6 cm³/mol. The second-order valence-electron chi connectivity index (χ2n) is 2.90. The van der Waals surface area contributed by atoms with Gasteiger partial charge in [-0.25, -0.2) is 8.78 Å². The molecule has 0 atom stereocenters. The summed E-state index contributed by atoms with van der Waals surface area (Å²) in [5, 5.41) is 0. The lowest BCUT2D eigenvalue weighted by molar-refractivity contribution is 0.406. The Hall–Kier alpha value is -1.21. The van der Waals surface area contributed by atoms with E-state index in [1.807, 2.05) is 0 Å². The van der Waals surface area contributed by atoms with Crippen molar-refractivity contribution in [1.82, 2.24) is 4.31 Å². The second-order valence-corrected chi connectivity index (χ2v) is 4.65. The van der Waals surface area contributed by atoms with Crippen LogP contribution in [0.2, 0.25) is 0 Å². The minimum absolute atomic E-state index is 0.537. The predicted octanol–water partition coefficient (Wildman–Crippen LogP) is 1.15. The van der Waals surface area contributed by atoms with Crippen molar-refractivity contribution < 1.29 is 21.4 Å². The average Bonchev–Trinajstić information content (AvgIpc) is 2.09. The first kappa shape index (κ1) is 11.9. The molecule has 0 N–H and O–H groups in total. The molecule has 1 aromatic rings. The van der Waals surface area contributed by atoms with Crippen LogP contribution in [0.4, 0.5) is 8.78 Å². The van der Waals surface area contributed by atoms with E-state index < -0.39 is 27.7 Å². The molecule has 0 aliphatic carbocycles. The largest absolute Gasteiger partial charge is 0.384 e. The van der Waals surface area contributed by atoms with Crippen molar-refractivity contribution in [3.8, 4) is 5.75 Å². The molecule has 0 aromatic heterocycles. The molecule has 0 radical (unpaired) electrons. The van der Waals surface area contributed by atoms with Crippen LogP contribution in [0.15, 0.2) is 18.2 Å². The van der Waals surface area contributed by atoms with Gasteiger partial charge in [0.05, 0.1) is 0 Å². The molecule has 1 aromatic carbocycles. The molecule has 4 nitrogen and oxygen atoms in total. The Morgan fingerprint density at radius 3 is 2.33 bits per heavy atom. The van der Waals surface area contributed by atoms with Gasteiger partial charge in [0, 0.05) is 20.2 Å². The third-order valence-electron chi connectivity index (χ3n) is 1.54. The molecule has 0 spiro atoms. The minimum Gasteiger partial charge on any atom is -0.368 e. The van der Waals surface area contributed by atoms with E-state index in [1.54, 1.807) is 0 Å². The lowest BCUT2D eigenvalue weighted by Gasteiger charge is -2.12. The van der Waals surface area contributed by atoms with Crippen LogP contribution in [-0.4, -0.2) is 26.8 Å². The number of rotatable bonds is 3. The summed E-state index contributed by atoms with van der Waals surface area (Å²) >= 11 is 0. The lowest BCUT2D eigenvalue weighted by Crippen LogP contribution is -2.27. The minimum atomic E-state index is -4.02. The molecule has 0 saturated heterocycles. The summed E-state index contributed by atoms with van der Waals surface area (Å²) in [5.41, 5.74) is 0. The van der Waals surface area contributed by atoms with E-state index in [4.69, 9.17) is 0 Å². The van der Waals surface area contributed by atoms with Gasteiger partial charge in [-0.05, 0) is 12.1 Å². The topological polar surface area (TPSA) is 46.6 Å². The van der Waals surface area contributed by atoms with E-state index in [-0.39, 0.29) is 0 Å². The van der Waals surface area contributed by atoms with Gasteiger partial charge in [0.25, 0.3) is 0 Å². The molecule has 0 amide bonds. The van der Waals surface area contributed by atoms with Crippen molar-refractivity contribution in [2.75, 3.05) is 14.1 Å². The number of hydrogen-bond donors (Lipinski definition) is 0. The van der Waals surface area contributed by atoms with Gasteiger partial charge in [-0.2, -0.15) is 12.7 Å². The zero-order valence-electron chi connectivity index (χ0n) is 8.07. The molecular weight excluding hydrogens is 228 g/mol. The Kier molecular flexibility index (Phi) is 3.25. The molecule has 7 heteroatoms. The van der Waals surface area contributed by atoms with Crippen LogP contribution < -0.4 is 4.18 Å². The van der Waals surface area contributed by atoms with E-state index in [1.165, 1.54) is 14.1 Å². The highest BCUT2D eigenvalue weighted by molar-refractivity contribution is 7.84. The van der Waals surface area contributed by atoms with Crippen molar-refractivity contribution >= 4 is 10.3 Å². The van der Waals surface area contributed by atoms with E-state index in [9.17, 15) is 17.2 Å². The maximum absolute atomic E-state index is 13.0. The smallest absolute Gasteiger partial charge is 0.368 e. The fourth-order valence-electron chi connectivity index (χ4n) is 0.731. The lowest BCUT2D eigenvalue weighted by atomic mass is 10.3. The number of benzene rings is 1. The fourth-order valence-corrected chi connectivity index (χ4v) is 1.24. The first-order chi connectivity index (χ1) is 6.83. The number of hydrogen-bond acceptors (Lipinski definition) is 3. The fraction of sp³-hybridized carbons (Fsp3) is 0.250. The number of nitrogens with zero attached hydrogens (tertiary/aromatic N) is 1. The van der Waals surface area contributed by atoms with Gasteiger partial charge in [-0.1, -0.05) is 0 Å². The van der Waals surface area contributed by atoms with E-state index >= 15 is 0 Å². The van der Waals surface area contributed by atoms with E-state index in [0.717, 1.165) is 16.4 Å². The molecule has 0 aliphatic heterocycles. The van der Waals surface area contributed by atoms with Gasteiger partial charge in [-0.3, -0.25) is 0 Å². The van der Waals surface area contributed by atoms with E-state index in [2.05, 4.69) is 4.18 Å². The first-order valence-electron chi connectivity index (χ1n) is 3.90. The monoisotopic (exact) mass is 237 g/mol. The van der Waals surface area contributed by atoms with Crippen LogP contribution >= 0.6 is 0 Å². The van der Waals surface area contributed by atoms with Gasteiger partial charge in [0.15, 0.2) is 11.6 Å². The summed E-state index contributed by atoms with van der Waals surface area (Å²) in [6.45, 7) is 0. The van der Waals surface area contributed by atoms with Crippen molar-refractivity contribution in [3.63, 3.8) is 0 Å². The van der Waals surface area contributed by atoms with Crippen LogP contribution in [0.1, 0.15) is 0 Å². The summed E-state index contributed by atoms with van der Waals surface area (Å²) in [6.07, 6.45) is 0. The second kappa shape index (κ2) is 4.11. The van der Waals surface area contributed by atoms with Gasteiger partial charge in [0.1, 0.15) is 5.82 Å². The third kappa shape index (κ3) is 2.87. The van der Waals surface area contributed by atoms with Crippen molar-refractivity contribution in [3.05, 3.63) is 29.8 Å². The average molecular weight is 237 g/mol. The zero-order chi connectivity index (χ0) is 11.6. The highest BCUT2D eigenvalue weighted by Gasteiger charge is 2.18. The SMILES string of the molecule is CN(C)S(=O)(=O)Oc1ccc(F)cc1F. The Bertz CT molecular complexity index is 459. The maximum Gasteiger partial charge on any atom is 0.384 e. The van der Waals surface area contributed by atoms with Gasteiger partial charge in [0.2, 0.25) is 0 Å². The van der Waals surface area contributed by atoms with Crippen molar-refractivity contribution in [2.45, 2.75) is 0 Å². The van der Waals surface area contributed by atoms with Crippen molar-refractivity contribution in [1.29, 1.82) is 0 Å². The summed E-state index contributed by atoms with van der Waals surface area (Å²) in [7, 11) is -1.55. The Balaban J connectivity index is 3.01. The van der Waals surface area contributed by atoms with Gasteiger partial charge in [-0.15, -0.1) is 0 Å². The summed E-state index contributed by atoms with van der Waals surface area (Å²) in [5.74, 6) is -2.41. The normalized spacial score (nSPS) is 11.8. The van der Waals surface area contributed by atoms with Crippen LogP contribution in [-0.2, 0) is 10.3 Å². The molecule has 15 heavy (non-hydrogen) atoms. The molecule has 0 aliphatic rings. The van der Waals surface area contributed by atoms with Gasteiger partial charge < -0.3 is 4.18 Å². The summed E-state index contributed by atoms with van der Waals surface area (Å²) in [4.78, 5) is 0. The molecule has 0 saturated carbocycles. The Labute approximate surface area is 86.3 Å². The summed E-state index contributed by atoms with van der Waals surface area (Å²) < 4.78 is 53.0. The quantitative estimate of drug-likeness (QED) is 0.792. The Morgan fingerprint density at radius 1 is 1.27 bits per heavy atom.